The Morgan fingerprint density at radius 2 is 2.17 bits per heavy atom. The van der Waals surface area contributed by atoms with E-state index < -0.39 is 0 Å². The largest absolute Gasteiger partial charge is 0.379 e. The molecular formula is C17H29N5O2. The molecule has 0 aromatic carbocycles. The minimum atomic E-state index is 0.00444. The second-order valence-electron chi connectivity index (χ2n) is 6.96. The molecule has 1 aromatic rings. The molecule has 24 heavy (non-hydrogen) atoms. The van der Waals surface area contributed by atoms with Gasteiger partial charge in [-0.3, -0.25) is 9.58 Å². The van der Waals surface area contributed by atoms with Gasteiger partial charge in [0.1, 0.15) is 0 Å². The van der Waals surface area contributed by atoms with E-state index in [4.69, 9.17) is 4.74 Å². The number of nitrogens with one attached hydrogen (secondary N) is 1. The molecule has 2 fully saturated rings. The first-order valence-electron chi connectivity index (χ1n) is 8.81. The number of rotatable bonds is 3. The first-order valence-corrected chi connectivity index (χ1v) is 8.81. The number of nitrogens with zero attached hydrogens (tertiary/aromatic N) is 4. The van der Waals surface area contributed by atoms with E-state index >= 15 is 0 Å². The van der Waals surface area contributed by atoms with E-state index in [-0.39, 0.29) is 11.6 Å². The van der Waals surface area contributed by atoms with Gasteiger partial charge in [-0.15, -0.1) is 0 Å². The first kappa shape index (κ1) is 17.2. The van der Waals surface area contributed by atoms with Crippen molar-refractivity contribution in [2.75, 3.05) is 39.4 Å². The number of urea groups is 1. The molecule has 3 rings (SSSR count). The number of aryl methyl sites for hydroxylation is 2. The van der Waals surface area contributed by atoms with Gasteiger partial charge in [0.2, 0.25) is 0 Å². The number of ether oxygens (including phenoxy) is 1. The second kappa shape index (κ2) is 6.72. The quantitative estimate of drug-likeness (QED) is 0.897. The van der Waals surface area contributed by atoms with Crippen LogP contribution in [0, 0.1) is 13.8 Å². The van der Waals surface area contributed by atoms with E-state index in [1.54, 1.807) is 0 Å². The van der Waals surface area contributed by atoms with Crippen molar-refractivity contribution in [2.45, 2.75) is 39.3 Å². The van der Waals surface area contributed by atoms with Crippen LogP contribution in [0.15, 0.2) is 0 Å². The number of likely N-dealkylation sites (N-methyl/N-ethyl adjacent to an activating group) is 1. The van der Waals surface area contributed by atoms with Gasteiger partial charge in [0.05, 0.1) is 17.8 Å². The van der Waals surface area contributed by atoms with Gasteiger partial charge >= 0.3 is 6.03 Å². The van der Waals surface area contributed by atoms with E-state index in [9.17, 15) is 4.79 Å². The fourth-order valence-corrected chi connectivity index (χ4v) is 4.00. The molecule has 1 unspecified atom stereocenters. The van der Waals surface area contributed by atoms with Crippen LogP contribution >= 0.6 is 0 Å². The normalized spacial score (nSPS) is 24.8. The highest BCUT2D eigenvalue weighted by Crippen LogP contribution is 2.30. The lowest BCUT2D eigenvalue weighted by molar-refractivity contribution is 0.00787. The maximum absolute atomic E-state index is 12.7. The summed E-state index contributed by atoms with van der Waals surface area (Å²) in [7, 11) is 1.93. The molecule has 0 aliphatic carbocycles. The fourth-order valence-electron chi connectivity index (χ4n) is 4.00. The number of hydrogen-bond donors (Lipinski definition) is 1. The number of piperazine rings is 1. The molecule has 0 saturated carbocycles. The van der Waals surface area contributed by atoms with Gasteiger partial charge in [0.15, 0.2) is 0 Å². The summed E-state index contributed by atoms with van der Waals surface area (Å²) in [4.78, 5) is 17.1. The summed E-state index contributed by atoms with van der Waals surface area (Å²) in [6, 6.07) is 0.0136. The highest BCUT2D eigenvalue weighted by atomic mass is 16.5. The number of carbonyl (C=O) groups is 1. The SMILES string of the molecule is CCN1CCN(C(=O)NCc2c(C)nn(C)c2C)CC12CCOC2. The van der Waals surface area contributed by atoms with Crippen molar-refractivity contribution < 1.29 is 9.53 Å². The lowest BCUT2D eigenvalue weighted by Gasteiger charge is -2.47. The Morgan fingerprint density at radius 3 is 2.75 bits per heavy atom. The molecule has 1 spiro atoms. The molecule has 0 bridgehead atoms. The minimum absolute atomic E-state index is 0.00444. The zero-order valence-corrected chi connectivity index (χ0v) is 15.3. The fraction of sp³-hybridized carbons (Fsp3) is 0.765. The van der Waals surface area contributed by atoms with Gasteiger partial charge < -0.3 is 15.0 Å². The van der Waals surface area contributed by atoms with Gasteiger partial charge in [0.25, 0.3) is 0 Å². The van der Waals surface area contributed by atoms with Crippen LogP contribution in [0.25, 0.3) is 0 Å². The molecule has 2 amide bonds. The van der Waals surface area contributed by atoms with Crippen molar-refractivity contribution in [1.82, 2.24) is 24.9 Å². The first-order chi connectivity index (χ1) is 11.5. The maximum atomic E-state index is 12.7. The second-order valence-corrected chi connectivity index (χ2v) is 6.96. The van der Waals surface area contributed by atoms with Crippen molar-refractivity contribution in [3.63, 3.8) is 0 Å². The Balaban J connectivity index is 1.63. The van der Waals surface area contributed by atoms with Crippen molar-refractivity contribution in [2.24, 2.45) is 7.05 Å². The zero-order chi connectivity index (χ0) is 17.3. The average Bonchev–Trinajstić information content (AvgIpc) is 3.11. The van der Waals surface area contributed by atoms with Crippen LogP contribution in [-0.4, -0.2) is 70.5 Å². The number of carbonyl (C=O) groups excluding carboxylic acids is 1. The topological polar surface area (TPSA) is 62.6 Å². The monoisotopic (exact) mass is 335 g/mol. The molecule has 2 aliphatic rings. The third-order valence-corrected chi connectivity index (χ3v) is 5.62. The molecule has 7 nitrogen and oxygen atoms in total. The highest BCUT2D eigenvalue weighted by molar-refractivity contribution is 5.74. The third kappa shape index (κ3) is 3.02. The molecule has 1 N–H and O–H groups in total. The maximum Gasteiger partial charge on any atom is 0.317 e. The van der Waals surface area contributed by atoms with Crippen LogP contribution in [-0.2, 0) is 18.3 Å². The standard InChI is InChI=1S/C17H29N5O2/c1-5-22-8-7-21(11-17(22)6-9-24-12-17)16(23)18-10-15-13(2)19-20(4)14(15)3/h5-12H2,1-4H3,(H,18,23). The van der Waals surface area contributed by atoms with Crippen LogP contribution in [0.5, 0.6) is 0 Å². The predicted octanol–water partition coefficient (Wildman–Crippen LogP) is 1.04. The molecule has 2 aliphatic heterocycles. The number of aromatic nitrogens is 2. The third-order valence-electron chi connectivity index (χ3n) is 5.62. The number of hydrogen-bond acceptors (Lipinski definition) is 4. The van der Waals surface area contributed by atoms with E-state index in [0.29, 0.717) is 6.54 Å². The van der Waals surface area contributed by atoms with E-state index in [2.05, 4.69) is 22.2 Å². The molecule has 7 heteroatoms. The van der Waals surface area contributed by atoms with E-state index in [0.717, 1.165) is 62.8 Å². The van der Waals surface area contributed by atoms with Crippen LogP contribution in [0.1, 0.15) is 30.3 Å². The van der Waals surface area contributed by atoms with Crippen LogP contribution < -0.4 is 5.32 Å². The summed E-state index contributed by atoms with van der Waals surface area (Å²) in [5.41, 5.74) is 3.19. The summed E-state index contributed by atoms with van der Waals surface area (Å²) < 4.78 is 7.51. The molecular weight excluding hydrogens is 306 g/mol. The summed E-state index contributed by atoms with van der Waals surface area (Å²) in [5.74, 6) is 0. The Kier molecular flexibility index (Phi) is 4.83. The molecule has 1 aromatic heterocycles. The van der Waals surface area contributed by atoms with Crippen LogP contribution in [0.3, 0.4) is 0 Å². The van der Waals surface area contributed by atoms with Crippen molar-refractivity contribution in [3.05, 3.63) is 17.0 Å². The van der Waals surface area contributed by atoms with Crippen LogP contribution in [0.4, 0.5) is 4.79 Å². The minimum Gasteiger partial charge on any atom is -0.379 e. The lowest BCUT2D eigenvalue weighted by Crippen LogP contribution is -2.64. The molecule has 0 radical (unpaired) electrons. The van der Waals surface area contributed by atoms with Crippen LogP contribution in [0.2, 0.25) is 0 Å². The van der Waals surface area contributed by atoms with Gasteiger partial charge in [-0.2, -0.15) is 5.10 Å². The van der Waals surface area contributed by atoms with Gasteiger partial charge in [0, 0.05) is 51.1 Å². The summed E-state index contributed by atoms with van der Waals surface area (Å²) in [6.07, 6.45) is 1.01. The predicted molar refractivity (Wildman–Crippen MR) is 91.9 cm³/mol. The molecule has 134 valence electrons. The zero-order valence-electron chi connectivity index (χ0n) is 15.3. The van der Waals surface area contributed by atoms with Crippen molar-refractivity contribution in [1.29, 1.82) is 0 Å². The van der Waals surface area contributed by atoms with Crippen molar-refractivity contribution >= 4 is 6.03 Å². The summed E-state index contributed by atoms with van der Waals surface area (Å²) in [5, 5.41) is 7.49. The smallest absolute Gasteiger partial charge is 0.317 e. The molecule has 2 saturated heterocycles. The van der Waals surface area contributed by atoms with Gasteiger partial charge in [-0.05, 0) is 26.8 Å². The average molecular weight is 335 g/mol. The van der Waals surface area contributed by atoms with Gasteiger partial charge in [-0.1, -0.05) is 6.92 Å². The summed E-state index contributed by atoms with van der Waals surface area (Å²) >= 11 is 0. The Bertz CT molecular complexity index is 606. The highest BCUT2D eigenvalue weighted by Gasteiger charge is 2.45. The molecule has 1 atom stereocenters. The Labute approximate surface area is 143 Å². The molecule has 3 heterocycles. The summed E-state index contributed by atoms with van der Waals surface area (Å²) in [6.45, 7) is 11.7. The number of amides is 2. The van der Waals surface area contributed by atoms with E-state index in [1.165, 1.54) is 0 Å². The lowest BCUT2D eigenvalue weighted by atomic mass is 9.93. The van der Waals surface area contributed by atoms with Gasteiger partial charge in [-0.25, -0.2) is 4.79 Å². The Hall–Kier alpha value is -1.60. The Morgan fingerprint density at radius 1 is 1.38 bits per heavy atom. The van der Waals surface area contributed by atoms with E-state index in [1.807, 2.05) is 30.5 Å². The van der Waals surface area contributed by atoms with Crippen molar-refractivity contribution in [3.8, 4) is 0 Å².